The average Bonchev–Trinajstić information content (AvgIpc) is 1.62. The Balaban J connectivity index is 0.881. The first-order valence-electron chi connectivity index (χ1n) is 41.9. The Morgan fingerprint density at radius 3 is 1.16 bits per heavy atom. The zero-order chi connectivity index (χ0) is 88.6. The van der Waals surface area contributed by atoms with Crippen molar-refractivity contribution in [3.05, 3.63) is 116 Å². The molecule has 0 saturated carbocycles. The molecule has 2 aromatic heterocycles. The van der Waals surface area contributed by atoms with Crippen molar-refractivity contribution < 1.29 is 77.7 Å². The first-order valence-corrected chi connectivity index (χ1v) is 41.9. The van der Waals surface area contributed by atoms with E-state index in [1.54, 1.807) is 129 Å². The summed E-state index contributed by atoms with van der Waals surface area (Å²) in [7, 11) is 0. The molecule has 3 aliphatic heterocycles. The topological polar surface area (TPSA) is 406 Å². The number of esters is 4. The smallest absolute Gasteiger partial charge is 0.348 e. The minimum absolute atomic E-state index is 0.0682. The molecule has 8 N–H and O–H groups in total. The van der Waals surface area contributed by atoms with E-state index in [4.69, 9.17) is 18.9 Å². The van der Waals surface area contributed by atoms with Gasteiger partial charge in [0.05, 0.1) is 42.1 Å². The van der Waals surface area contributed by atoms with Crippen LogP contribution in [-0.2, 0) is 70.4 Å². The van der Waals surface area contributed by atoms with E-state index in [1.807, 2.05) is 71.6 Å². The van der Waals surface area contributed by atoms with Gasteiger partial charge in [0, 0.05) is 156 Å². The monoisotopic (exact) mass is 1680 g/mol. The highest BCUT2D eigenvalue weighted by Crippen LogP contribution is 2.39. The summed E-state index contributed by atoms with van der Waals surface area (Å²) in [5, 5.41) is 61.9. The van der Waals surface area contributed by atoms with Crippen molar-refractivity contribution in [1.82, 2.24) is 79.4 Å². The lowest BCUT2D eigenvalue weighted by molar-refractivity contribution is -0.163. The van der Waals surface area contributed by atoms with Gasteiger partial charge in [0.2, 0.25) is 23.6 Å². The van der Waals surface area contributed by atoms with Gasteiger partial charge >= 0.3 is 35.3 Å². The Labute approximate surface area is 707 Å². The second kappa shape index (κ2) is 41.4. The number of hydrogen-bond acceptors (Lipinski definition) is 26. The predicted octanol–water partition coefficient (Wildman–Crippen LogP) is 6.33. The van der Waals surface area contributed by atoms with E-state index >= 15 is 0 Å². The number of benzene rings is 4. The van der Waals surface area contributed by atoms with Crippen molar-refractivity contribution in [2.24, 2.45) is 0 Å². The molecule has 0 aliphatic carbocycles. The van der Waals surface area contributed by atoms with E-state index in [0.29, 0.717) is 101 Å². The molecule has 3 fully saturated rings. The lowest BCUT2D eigenvalue weighted by Crippen LogP contribution is -2.53. The van der Waals surface area contributed by atoms with Crippen LogP contribution in [0.15, 0.2) is 82.4 Å². The van der Waals surface area contributed by atoms with Gasteiger partial charge in [0.15, 0.2) is 11.6 Å². The number of rotatable bonds is 29. The molecule has 0 spiro atoms. The predicted molar refractivity (Wildman–Crippen MR) is 454 cm³/mol. The van der Waals surface area contributed by atoms with Gasteiger partial charge in [0.1, 0.15) is 57.5 Å². The molecule has 5 heterocycles. The van der Waals surface area contributed by atoms with Crippen molar-refractivity contribution in [2.45, 2.75) is 202 Å². The van der Waals surface area contributed by atoms with Crippen LogP contribution in [0, 0.1) is 0 Å². The fourth-order valence-corrected chi connectivity index (χ4v) is 14.9. The molecule has 6 aromatic rings. The summed E-state index contributed by atoms with van der Waals surface area (Å²) < 4.78 is 26.1. The summed E-state index contributed by atoms with van der Waals surface area (Å²) in [6.07, 6.45) is -0.781. The summed E-state index contributed by atoms with van der Waals surface area (Å²) >= 11 is 0. The Hall–Kier alpha value is -10.5. The average molecular weight is 1680 g/mol. The van der Waals surface area contributed by atoms with Crippen LogP contribution in [0.5, 0.6) is 23.0 Å². The zero-order valence-electron chi connectivity index (χ0n) is 73.2. The number of nitrogens with one attached hydrogen (secondary N) is 4. The maximum atomic E-state index is 14.8. The molecule has 0 bridgehead atoms. The van der Waals surface area contributed by atoms with E-state index in [2.05, 4.69) is 40.8 Å². The van der Waals surface area contributed by atoms with Gasteiger partial charge in [-0.2, -0.15) is 10.2 Å². The molecule has 4 amide bonds. The van der Waals surface area contributed by atoms with Crippen LogP contribution in [0.4, 0.5) is 0 Å². The van der Waals surface area contributed by atoms with Gasteiger partial charge in [0.25, 0.3) is 0 Å². The molecular formula is C87H126N16O18. The molecule has 0 unspecified atom stereocenters. The number of ether oxygens (including phenoxy) is 4. The third-order valence-electron chi connectivity index (χ3n) is 20.9. The number of nitrogens with zero attached hydrogens (tertiary/aromatic N) is 12. The number of hydrogen-bond donors (Lipinski definition) is 8. The summed E-state index contributed by atoms with van der Waals surface area (Å²) in [6.45, 7) is 34.7. The quantitative estimate of drug-likeness (QED) is 0.0188. The minimum atomic E-state index is -1.28. The number of aromatic hydroxyl groups is 4. The molecule has 121 heavy (non-hydrogen) atoms. The fraction of sp³-hybridized carbons (Fsp3) is 0.586. The summed E-state index contributed by atoms with van der Waals surface area (Å²) in [5.41, 5.74) is 0.134. The highest BCUT2D eigenvalue weighted by molar-refractivity contribution is 5.89. The van der Waals surface area contributed by atoms with Gasteiger partial charge < -0.3 is 59.8 Å². The summed E-state index contributed by atoms with van der Waals surface area (Å²) in [5.74, 6) is -4.24. The minimum Gasteiger partial charge on any atom is -0.508 e. The molecule has 662 valence electrons. The fourth-order valence-electron chi connectivity index (χ4n) is 14.9. The number of phenols is 4. The third-order valence-corrected chi connectivity index (χ3v) is 20.9. The SMILES string of the molecule is CC(C)c1cc(-c2n[nH]c(=O)n2-c2ccc(CN3CCN(C(=O)CCNC(=O)[C@@H](CCC(=O)N4CCN(Cc5ccc(-n6c(-c7cc(C(C)C)c(O)cc7O)n[nH]c6=O)cc5)CC4)NC(=O)CC[C@H](C(=O)OC(C)(C)C)N4CCN(CC(=O)OC(C)(C)C)CCN(CC(=O)OC(C)(C)C)CCN(CC(=O)OC(C)(C)C)CC4)CC3)cc2)c(O)cc1O. The van der Waals surface area contributed by atoms with Gasteiger partial charge in [-0.3, -0.25) is 67.8 Å². The van der Waals surface area contributed by atoms with Crippen molar-refractivity contribution >= 4 is 47.5 Å². The second-order valence-electron chi connectivity index (χ2n) is 36.1. The first-order chi connectivity index (χ1) is 56.8. The van der Waals surface area contributed by atoms with Crippen LogP contribution in [0.2, 0.25) is 0 Å². The van der Waals surface area contributed by atoms with E-state index in [0.717, 1.165) is 11.1 Å². The number of carbonyl (C=O) groups is 8. The Kier molecular flexibility index (Phi) is 32.2. The lowest BCUT2D eigenvalue weighted by atomic mass is 9.98. The van der Waals surface area contributed by atoms with E-state index in [-0.39, 0.29) is 167 Å². The number of carbonyl (C=O) groups excluding carboxylic acids is 8. The second-order valence-corrected chi connectivity index (χ2v) is 36.1. The van der Waals surface area contributed by atoms with Crippen LogP contribution in [0.25, 0.3) is 34.2 Å². The number of H-pyrrole nitrogens is 2. The van der Waals surface area contributed by atoms with E-state index in [1.165, 1.54) is 21.3 Å². The summed E-state index contributed by atoms with van der Waals surface area (Å²) in [6, 6.07) is 18.0. The molecule has 0 radical (unpaired) electrons. The number of aromatic nitrogens is 6. The van der Waals surface area contributed by atoms with Gasteiger partial charge in [-0.05, 0) is 166 Å². The number of piperazine rings is 2. The highest BCUT2D eigenvalue weighted by atomic mass is 16.6. The molecule has 4 aromatic carbocycles. The molecule has 3 saturated heterocycles. The van der Waals surface area contributed by atoms with E-state index in [9.17, 15) is 68.4 Å². The Morgan fingerprint density at radius 1 is 0.438 bits per heavy atom. The molecule has 3 aliphatic rings. The highest BCUT2D eigenvalue weighted by Gasteiger charge is 2.36. The van der Waals surface area contributed by atoms with Gasteiger partial charge in [-0.25, -0.2) is 28.9 Å². The van der Waals surface area contributed by atoms with Crippen LogP contribution in [0.1, 0.15) is 177 Å². The van der Waals surface area contributed by atoms with Crippen LogP contribution < -0.4 is 22.0 Å². The van der Waals surface area contributed by atoms with Crippen molar-refractivity contribution in [3.8, 4) is 57.1 Å². The van der Waals surface area contributed by atoms with Crippen LogP contribution in [-0.4, -0.2) is 302 Å². The summed E-state index contributed by atoms with van der Waals surface area (Å²) in [4.78, 5) is 155. The van der Waals surface area contributed by atoms with Crippen molar-refractivity contribution in [1.29, 1.82) is 0 Å². The molecule has 34 heteroatoms. The first kappa shape index (κ1) is 94.3. The van der Waals surface area contributed by atoms with Crippen molar-refractivity contribution in [2.75, 3.05) is 131 Å². The molecule has 34 nitrogen and oxygen atoms in total. The third kappa shape index (κ3) is 28.3. The molecular weight excluding hydrogens is 1560 g/mol. The molecule has 2 atom stereocenters. The van der Waals surface area contributed by atoms with Gasteiger partial charge in [-0.1, -0.05) is 52.0 Å². The largest absolute Gasteiger partial charge is 0.508 e. The van der Waals surface area contributed by atoms with Crippen molar-refractivity contribution in [3.63, 3.8) is 0 Å². The number of aromatic amines is 2. The number of phenolic OH excluding ortho intramolecular Hbond substituents is 4. The molecule has 9 rings (SSSR count). The van der Waals surface area contributed by atoms with Gasteiger partial charge in [-0.15, -0.1) is 0 Å². The Bertz CT molecular complexity index is 4640. The maximum absolute atomic E-state index is 14.8. The van der Waals surface area contributed by atoms with Crippen LogP contribution in [0.3, 0.4) is 0 Å². The standard InChI is InChI=1S/C87H126N16O18/c1-56(2)62-47-64(70(106)49-68(62)104)78-90-92-82(116)102(78)60-21-17-58(18-22-60)51-94-37-43-100(44-38-94)73(109)28-25-66(80(114)88-30-29-74(110)101-45-39-95(40-46-101)52-59-19-23-61(24-20-59)103-79(91-93-83(103)117)65-48-63(57(3)4)69(105)50-71(65)107)89-72(108)27-26-67(81(115)121-87(14,15)16)99-41-35-97(54-76(112)119-85(8,9)10)33-31-96(53-75(111)118-84(5,6)7)32-34-98(36-42-99)55-77(113)120-86(11,12)13/h17-24,47-50,56-57,66-67,104-107H,25-46,51-55H2,1-16H3,(H,88,114)(H,89,108)(H,92,116)(H,93,117)/t66-,67-/m1/s1. The van der Waals surface area contributed by atoms with Crippen LogP contribution >= 0.6 is 0 Å². The number of amides is 4. The zero-order valence-corrected chi connectivity index (χ0v) is 73.2. The lowest BCUT2D eigenvalue weighted by Gasteiger charge is -2.37. The normalized spacial score (nSPS) is 16.4. The Morgan fingerprint density at radius 2 is 0.793 bits per heavy atom. The van der Waals surface area contributed by atoms with E-state index < -0.39 is 81.6 Å². The maximum Gasteiger partial charge on any atom is 0.348 e.